The molecule has 5 heteroatoms. The van der Waals surface area contributed by atoms with Crippen LogP contribution in [0.2, 0.25) is 0 Å². The molecule has 0 aliphatic heterocycles. The van der Waals surface area contributed by atoms with Gasteiger partial charge in [0.2, 0.25) is 0 Å². The van der Waals surface area contributed by atoms with E-state index in [1.807, 2.05) is 60.7 Å². The molecule has 0 radical (unpaired) electrons. The minimum atomic E-state index is 0.00100. The van der Waals surface area contributed by atoms with Crippen LogP contribution in [-0.2, 0) is 13.0 Å². The standard InChI is InChI=1S/C31H28N2O3/c1-21-25(26-19-24(15-16-27(26)33-21)36-20-22-9-4-2-5-10-22)17-18-32-31(23-11-6-3-7-12-23)30-28(34)13-8-14-29(30)35/h2-16,19,33-35H,17-18,20H2,1H3. The molecule has 180 valence electrons. The van der Waals surface area contributed by atoms with Gasteiger partial charge < -0.3 is 19.9 Å². The van der Waals surface area contributed by atoms with Crippen LogP contribution in [0.25, 0.3) is 10.9 Å². The lowest BCUT2D eigenvalue weighted by molar-refractivity contribution is 0.306. The van der Waals surface area contributed by atoms with Crippen molar-refractivity contribution in [1.29, 1.82) is 0 Å². The first-order valence-corrected chi connectivity index (χ1v) is 12.0. The Bertz CT molecular complexity index is 1490. The first-order valence-electron chi connectivity index (χ1n) is 12.0. The predicted octanol–water partition coefficient (Wildman–Crippen LogP) is 6.55. The second-order valence-electron chi connectivity index (χ2n) is 8.73. The van der Waals surface area contributed by atoms with Crippen LogP contribution < -0.4 is 4.74 Å². The molecule has 5 rings (SSSR count). The molecule has 5 nitrogen and oxygen atoms in total. The number of nitrogens with zero attached hydrogens (tertiary/aromatic N) is 1. The molecule has 0 saturated carbocycles. The van der Waals surface area contributed by atoms with E-state index < -0.39 is 0 Å². The summed E-state index contributed by atoms with van der Waals surface area (Å²) in [5.74, 6) is 0.821. The van der Waals surface area contributed by atoms with E-state index in [1.54, 1.807) is 18.2 Å². The second-order valence-corrected chi connectivity index (χ2v) is 8.73. The van der Waals surface area contributed by atoms with Crippen LogP contribution in [-0.4, -0.2) is 27.5 Å². The number of H-pyrrole nitrogens is 1. The van der Waals surface area contributed by atoms with E-state index in [0.29, 0.717) is 30.8 Å². The van der Waals surface area contributed by atoms with Gasteiger partial charge in [-0.1, -0.05) is 66.7 Å². The lowest BCUT2D eigenvalue weighted by Crippen LogP contribution is -2.06. The Hall–Kier alpha value is -4.51. The molecule has 1 aromatic heterocycles. The summed E-state index contributed by atoms with van der Waals surface area (Å²) < 4.78 is 6.05. The van der Waals surface area contributed by atoms with Crippen molar-refractivity contribution >= 4 is 16.6 Å². The van der Waals surface area contributed by atoms with E-state index in [1.165, 1.54) is 5.56 Å². The van der Waals surface area contributed by atoms with Crippen LogP contribution in [0.15, 0.2) is 102 Å². The van der Waals surface area contributed by atoms with Crippen molar-refractivity contribution in [3.63, 3.8) is 0 Å². The van der Waals surface area contributed by atoms with E-state index in [4.69, 9.17) is 9.73 Å². The summed E-state index contributed by atoms with van der Waals surface area (Å²) in [6.45, 7) is 3.07. The first-order chi connectivity index (χ1) is 17.6. The monoisotopic (exact) mass is 476 g/mol. The van der Waals surface area contributed by atoms with Crippen LogP contribution in [0.3, 0.4) is 0 Å². The van der Waals surface area contributed by atoms with Gasteiger partial charge in [0, 0.05) is 28.7 Å². The van der Waals surface area contributed by atoms with Crippen LogP contribution in [0, 0.1) is 6.92 Å². The minimum Gasteiger partial charge on any atom is -0.507 e. The molecule has 0 spiro atoms. The molecule has 0 aliphatic carbocycles. The fourth-order valence-electron chi connectivity index (χ4n) is 4.48. The second kappa shape index (κ2) is 10.4. The van der Waals surface area contributed by atoms with E-state index in [-0.39, 0.29) is 11.5 Å². The van der Waals surface area contributed by atoms with Gasteiger partial charge in [0.25, 0.3) is 0 Å². The fourth-order valence-corrected chi connectivity index (χ4v) is 4.48. The van der Waals surface area contributed by atoms with Gasteiger partial charge in [-0.25, -0.2) is 0 Å². The van der Waals surface area contributed by atoms with Gasteiger partial charge in [0.15, 0.2) is 0 Å². The number of aromatic nitrogens is 1. The van der Waals surface area contributed by atoms with Gasteiger partial charge in [-0.05, 0) is 54.8 Å². The summed E-state index contributed by atoms with van der Waals surface area (Å²) in [7, 11) is 0. The Morgan fingerprint density at radius 3 is 2.25 bits per heavy atom. The number of aromatic amines is 1. The first kappa shape index (κ1) is 23.2. The Labute approximate surface area is 210 Å². The number of benzene rings is 4. The van der Waals surface area contributed by atoms with Crippen LogP contribution >= 0.6 is 0 Å². The predicted molar refractivity (Wildman–Crippen MR) is 144 cm³/mol. The minimum absolute atomic E-state index is 0.00100. The number of rotatable bonds is 8. The zero-order chi connectivity index (χ0) is 24.9. The molecule has 0 bridgehead atoms. The Morgan fingerprint density at radius 2 is 1.53 bits per heavy atom. The number of phenolic OH excluding ortho intramolecular Hbond substituents is 2. The number of fused-ring (bicyclic) bond motifs is 1. The summed E-state index contributed by atoms with van der Waals surface area (Å²) in [6, 6.07) is 30.6. The number of nitrogens with one attached hydrogen (secondary N) is 1. The maximum atomic E-state index is 10.5. The van der Waals surface area contributed by atoms with Gasteiger partial charge in [-0.15, -0.1) is 0 Å². The number of hydrogen-bond donors (Lipinski definition) is 3. The normalized spacial score (nSPS) is 11.6. The highest BCUT2D eigenvalue weighted by Crippen LogP contribution is 2.30. The Balaban J connectivity index is 1.42. The lowest BCUT2D eigenvalue weighted by Gasteiger charge is -2.11. The highest BCUT2D eigenvalue weighted by Gasteiger charge is 2.16. The van der Waals surface area contributed by atoms with E-state index in [2.05, 4.69) is 30.1 Å². The van der Waals surface area contributed by atoms with Crippen molar-refractivity contribution in [1.82, 2.24) is 4.98 Å². The van der Waals surface area contributed by atoms with Crippen molar-refractivity contribution in [2.24, 2.45) is 4.99 Å². The molecule has 0 amide bonds. The molecule has 0 atom stereocenters. The van der Waals surface area contributed by atoms with Gasteiger partial charge in [0.1, 0.15) is 23.9 Å². The highest BCUT2D eigenvalue weighted by molar-refractivity contribution is 6.16. The number of aromatic hydroxyl groups is 2. The van der Waals surface area contributed by atoms with Crippen LogP contribution in [0.1, 0.15) is 27.9 Å². The largest absolute Gasteiger partial charge is 0.507 e. The lowest BCUT2D eigenvalue weighted by atomic mass is 10.00. The van der Waals surface area contributed by atoms with Gasteiger partial charge >= 0.3 is 0 Å². The molecule has 0 fully saturated rings. The smallest absolute Gasteiger partial charge is 0.128 e. The van der Waals surface area contributed by atoms with Gasteiger partial charge in [-0.2, -0.15) is 0 Å². The topological polar surface area (TPSA) is 77.8 Å². The van der Waals surface area contributed by atoms with Crippen molar-refractivity contribution < 1.29 is 14.9 Å². The molecular formula is C31H28N2O3. The Kier molecular flexibility index (Phi) is 6.72. The SMILES string of the molecule is Cc1[nH]c2ccc(OCc3ccccc3)cc2c1CCN=C(c1ccccc1)c1c(O)cccc1O. The molecule has 36 heavy (non-hydrogen) atoms. The van der Waals surface area contributed by atoms with Gasteiger partial charge in [-0.3, -0.25) is 4.99 Å². The van der Waals surface area contributed by atoms with Crippen LogP contribution in [0.4, 0.5) is 0 Å². The number of phenols is 2. The molecule has 0 saturated heterocycles. The number of aryl methyl sites for hydroxylation is 1. The fraction of sp³-hybridized carbons (Fsp3) is 0.129. The molecule has 4 aromatic carbocycles. The molecule has 5 aromatic rings. The highest BCUT2D eigenvalue weighted by atomic mass is 16.5. The van der Waals surface area contributed by atoms with Crippen molar-refractivity contribution in [3.05, 3.63) is 125 Å². The maximum Gasteiger partial charge on any atom is 0.128 e. The molecule has 0 aliphatic rings. The van der Waals surface area contributed by atoms with Gasteiger partial charge in [0.05, 0.1) is 11.3 Å². The summed E-state index contributed by atoms with van der Waals surface area (Å²) in [6.07, 6.45) is 0.693. The zero-order valence-corrected chi connectivity index (χ0v) is 20.1. The maximum absolute atomic E-state index is 10.5. The number of ether oxygens (including phenoxy) is 1. The van der Waals surface area contributed by atoms with Crippen LogP contribution in [0.5, 0.6) is 17.2 Å². The molecule has 0 unspecified atom stereocenters. The summed E-state index contributed by atoms with van der Waals surface area (Å²) in [5.41, 5.74) is 6.19. The Morgan fingerprint density at radius 1 is 0.833 bits per heavy atom. The average Bonchev–Trinajstić information content (AvgIpc) is 3.21. The quantitative estimate of drug-likeness (QED) is 0.222. The number of hydrogen-bond acceptors (Lipinski definition) is 4. The van der Waals surface area contributed by atoms with Crippen molar-refractivity contribution in [2.45, 2.75) is 20.0 Å². The molecule has 3 N–H and O–H groups in total. The summed E-state index contributed by atoms with van der Waals surface area (Å²) in [4.78, 5) is 8.32. The van der Waals surface area contributed by atoms with Crippen molar-refractivity contribution in [3.8, 4) is 17.2 Å². The molecular weight excluding hydrogens is 448 g/mol. The summed E-state index contributed by atoms with van der Waals surface area (Å²) in [5, 5.41) is 22.1. The third-order valence-corrected chi connectivity index (χ3v) is 6.28. The van der Waals surface area contributed by atoms with Crippen molar-refractivity contribution in [2.75, 3.05) is 6.54 Å². The number of aliphatic imine (C=N–C) groups is 1. The zero-order valence-electron chi connectivity index (χ0n) is 20.1. The third-order valence-electron chi connectivity index (χ3n) is 6.28. The molecule has 1 heterocycles. The summed E-state index contributed by atoms with van der Waals surface area (Å²) >= 11 is 0. The van der Waals surface area contributed by atoms with E-state index in [0.717, 1.165) is 33.5 Å². The third kappa shape index (κ3) is 4.96. The van der Waals surface area contributed by atoms with E-state index >= 15 is 0 Å². The van der Waals surface area contributed by atoms with E-state index in [9.17, 15) is 10.2 Å². The average molecular weight is 477 g/mol.